The van der Waals surface area contributed by atoms with Gasteiger partial charge in [0.25, 0.3) is 0 Å². The van der Waals surface area contributed by atoms with Crippen LogP contribution in [0.3, 0.4) is 0 Å². The second kappa shape index (κ2) is 5.36. The van der Waals surface area contributed by atoms with Crippen molar-refractivity contribution in [2.75, 3.05) is 11.1 Å². The molecular formula is C12H11ClF2N4. The van der Waals surface area contributed by atoms with Crippen molar-refractivity contribution in [3.05, 3.63) is 46.4 Å². The van der Waals surface area contributed by atoms with E-state index in [2.05, 4.69) is 15.3 Å². The molecule has 3 N–H and O–H groups in total. The number of nitrogens with zero attached hydrogens (tertiary/aromatic N) is 2. The minimum atomic E-state index is -0.899. The summed E-state index contributed by atoms with van der Waals surface area (Å²) >= 11 is 5.72. The summed E-state index contributed by atoms with van der Waals surface area (Å²) in [5.74, 6) is -1.42. The minimum absolute atomic E-state index is 0.0690. The highest BCUT2D eigenvalue weighted by Crippen LogP contribution is 2.21. The fourth-order valence-electron chi connectivity index (χ4n) is 1.52. The van der Waals surface area contributed by atoms with E-state index >= 15 is 0 Å². The van der Waals surface area contributed by atoms with Gasteiger partial charge in [0.2, 0.25) is 5.28 Å². The standard InChI is InChI=1S/C12H11ClF2N4/c1-6-10(16)11(19-12(13)18-6)17-5-7-2-3-8(14)9(15)4-7/h2-4H,5,16H2,1H3,(H,17,18,19). The Kier molecular flexibility index (Phi) is 3.80. The summed E-state index contributed by atoms with van der Waals surface area (Å²) in [6.07, 6.45) is 0. The highest BCUT2D eigenvalue weighted by atomic mass is 35.5. The average Bonchev–Trinajstić information content (AvgIpc) is 2.36. The molecule has 0 fully saturated rings. The molecule has 0 saturated heterocycles. The molecule has 4 nitrogen and oxygen atoms in total. The van der Waals surface area contributed by atoms with E-state index in [0.717, 1.165) is 12.1 Å². The Balaban J connectivity index is 2.16. The maximum Gasteiger partial charge on any atom is 0.224 e. The van der Waals surface area contributed by atoms with Gasteiger partial charge in [0.05, 0.1) is 11.4 Å². The Morgan fingerprint density at radius 3 is 2.68 bits per heavy atom. The Bertz CT molecular complexity index is 619. The molecule has 100 valence electrons. The Hall–Kier alpha value is -1.95. The summed E-state index contributed by atoms with van der Waals surface area (Å²) < 4.78 is 25.8. The summed E-state index contributed by atoms with van der Waals surface area (Å²) in [5.41, 5.74) is 7.27. The normalized spacial score (nSPS) is 10.5. The maximum absolute atomic E-state index is 13.0. The molecule has 0 aliphatic heterocycles. The van der Waals surface area contributed by atoms with E-state index in [4.69, 9.17) is 17.3 Å². The predicted molar refractivity (Wildman–Crippen MR) is 69.9 cm³/mol. The third-order valence-corrected chi connectivity index (χ3v) is 2.72. The molecule has 0 unspecified atom stereocenters. The number of nitrogen functional groups attached to an aromatic ring is 1. The Morgan fingerprint density at radius 1 is 1.26 bits per heavy atom. The van der Waals surface area contributed by atoms with Crippen LogP contribution in [0.5, 0.6) is 0 Å². The summed E-state index contributed by atoms with van der Waals surface area (Å²) in [6, 6.07) is 3.64. The van der Waals surface area contributed by atoms with Gasteiger partial charge in [-0.3, -0.25) is 0 Å². The van der Waals surface area contributed by atoms with E-state index in [0.29, 0.717) is 22.8 Å². The van der Waals surface area contributed by atoms with E-state index in [-0.39, 0.29) is 11.8 Å². The van der Waals surface area contributed by atoms with Crippen molar-refractivity contribution in [3.63, 3.8) is 0 Å². The number of benzene rings is 1. The fraction of sp³-hybridized carbons (Fsp3) is 0.167. The molecule has 1 heterocycles. The van der Waals surface area contributed by atoms with Gasteiger partial charge < -0.3 is 11.1 Å². The predicted octanol–water partition coefficient (Wildman–Crippen LogP) is 2.91. The molecule has 1 aromatic heterocycles. The van der Waals surface area contributed by atoms with Crippen molar-refractivity contribution in [2.45, 2.75) is 13.5 Å². The van der Waals surface area contributed by atoms with Crippen molar-refractivity contribution in [1.29, 1.82) is 0 Å². The number of hydrogen-bond donors (Lipinski definition) is 2. The molecule has 0 amide bonds. The lowest BCUT2D eigenvalue weighted by Gasteiger charge is -2.10. The molecule has 0 aliphatic carbocycles. The molecule has 0 radical (unpaired) electrons. The fourth-order valence-corrected chi connectivity index (χ4v) is 1.73. The quantitative estimate of drug-likeness (QED) is 0.851. The lowest BCUT2D eigenvalue weighted by molar-refractivity contribution is 0.507. The van der Waals surface area contributed by atoms with Crippen LogP contribution in [0.4, 0.5) is 20.3 Å². The third-order valence-electron chi connectivity index (χ3n) is 2.55. The first kappa shape index (κ1) is 13.5. The molecule has 2 aromatic rings. The minimum Gasteiger partial charge on any atom is -0.394 e. The van der Waals surface area contributed by atoms with Crippen molar-refractivity contribution >= 4 is 23.1 Å². The largest absolute Gasteiger partial charge is 0.394 e. The monoisotopic (exact) mass is 284 g/mol. The van der Waals surface area contributed by atoms with Gasteiger partial charge in [-0.1, -0.05) is 6.07 Å². The number of aryl methyl sites for hydroxylation is 1. The number of nitrogens with one attached hydrogen (secondary N) is 1. The molecule has 19 heavy (non-hydrogen) atoms. The number of anilines is 2. The number of hydrogen-bond acceptors (Lipinski definition) is 4. The topological polar surface area (TPSA) is 63.8 Å². The number of aromatic nitrogens is 2. The van der Waals surface area contributed by atoms with Gasteiger partial charge in [-0.2, -0.15) is 4.98 Å². The summed E-state index contributed by atoms with van der Waals surface area (Å²) in [6.45, 7) is 1.94. The first-order chi connectivity index (χ1) is 8.97. The molecular weight excluding hydrogens is 274 g/mol. The van der Waals surface area contributed by atoms with E-state index in [1.165, 1.54) is 6.07 Å². The number of halogens is 3. The smallest absolute Gasteiger partial charge is 0.224 e. The lowest BCUT2D eigenvalue weighted by Crippen LogP contribution is -2.07. The van der Waals surface area contributed by atoms with Crippen LogP contribution in [-0.2, 0) is 6.54 Å². The van der Waals surface area contributed by atoms with Crippen LogP contribution in [0.15, 0.2) is 18.2 Å². The van der Waals surface area contributed by atoms with Gasteiger partial charge in [0, 0.05) is 6.54 Å². The molecule has 0 saturated carbocycles. The van der Waals surface area contributed by atoms with Gasteiger partial charge in [-0.15, -0.1) is 0 Å². The van der Waals surface area contributed by atoms with Crippen molar-refractivity contribution < 1.29 is 8.78 Å². The second-order valence-corrected chi connectivity index (χ2v) is 4.28. The molecule has 2 rings (SSSR count). The van der Waals surface area contributed by atoms with Crippen LogP contribution < -0.4 is 11.1 Å². The van der Waals surface area contributed by atoms with E-state index in [1.54, 1.807) is 6.92 Å². The lowest BCUT2D eigenvalue weighted by atomic mass is 10.2. The van der Waals surface area contributed by atoms with Crippen LogP contribution >= 0.6 is 11.6 Å². The van der Waals surface area contributed by atoms with Crippen LogP contribution in [0.25, 0.3) is 0 Å². The average molecular weight is 285 g/mol. The Morgan fingerprint density at radius 2 is 2.00 bits per heavy atom. The van der Waals surface area contributed by atoms with Crippen molar-refractivity contribution in [1.82, 2.24) is 9.97 Å². The Labute approximate surface area is 113 Å². The van der Waals surface area contributed by atoms with Gasteiger partial charge in [0.1, 0.15) is 0 Å². The highest BCUT2D eigenvalue weighted by Gasteiger charge is 2.08. The summed E-state index contributed by atoms with van der Waals surface area (Å²) in [5, 5.41) is 2.98. The molecule has 0 spiro atoms. The van der Waals surface area contributed by atoms with Gasteiger partial charge in [-0.25, -0.2) is 13.8 Å². The van der Waals surface area contributed by atoms with Crippen LogP contribution in [0.2, 0.25) is 5.28 Å². The zero-order valence-electron chi connectivity index (χ0n) is 10.0. The number of nitrogens with two attached hydrogens (primary N) is 1. The molecule has 0 bridgehead atoms. The maximum atomic E-state index is 13.0. The highest BCUT2D eigenvalue weighted by molar-refractivity contribution is 6.28. The van der Waals surface area contributed by atoms with E-state index in [1.807, 2.05) is 0 Å². The van der Waals surface area contributed by atoms with Crippen LogP contribution in [0.1, 0.15) is 11.3 Å². The SMILES string of the molecule is Cc1nc(Cl)nc(NCc2ccc(F)c(F)c2)c1N. The van der Waals surface area contributed by atoms with E-state index in [9.17, 15) is 8.78 Å². The zero-order chi connectivity index (χ0) is 14.0. The first-order valence-corrected chi connectivity index (χ1v) is 5.82. The molecule has 7 heteroatoms. The number of rotatable bonds is 3. The summed E-state index contributed by atoms with van der Waals surface area (Å²) in [4.78, 5) is 7.83. The van der Waals surface area contributed by atoms with Crippen LogP contribution in [-0.4, -0.2) is 9.97 Å². The van der Waals surface area contributed by atoms with Crippen LogP contribution in [0, 0.1) is 18.6 Å². The first-order valence-electron chi connectivity index (χ1n) is 5.45. The third kappa shape index (κ3) is 3.08. The van der Waals surface area contributed by atoms with Crippen molar-refractivity contribution in [3.8, 4) is 0 Å². The van der Waals surface area contributed by atoms with E-state index < -0.39 is 11.6 Å². The van der Waals surface area contributed by atoms with Gasteiger partial charge >= 0.3 is 0 Å². The summed E-state index contributed by atoms with van der Waals surface area (Å²) in [7, 11) is 0. The van der Waals surface area contributed by atoms with Crippen molar-refractivity contribution in [2.24, 2.45) is 0 Å². The zero-order valence-corrected chi connectivity index (χ0v) is 10.8. The molecule has 0 aliphatic rings. The molecule has 0 atom stereocenters. The van der Waals surface area contributed by atoms with Gasteiger partial charge in [0.15, 0.2) is 17.5 Å². The molecule has 1 aromatic carbocycles. The second-order valence-electron chi connectivity index (χ2n) is 3.94. The van der Waals surface area contributed by atoms with Gasteiger partial charge in [-0.05, 0) is 36.2 Å².